The number of carbonyl (C=O) groups excluding carboxylic acids is 1. The molecule has 0 bridgehead atoms. The third kappa shape index (κ3) is 5.02. The fraction of sp³-hybridized carbons (Fsp3) is 0.136. The first kappa shape index (κ1) is 20.0. The molecule has 0 spiro atoms. The highest BCUT2D eigenvalue weighted by molar-refractivity contribution is 5.76. The summed E-state index contributed by atoms with van der Waals surface area (Å²) in [5, 5.41) is 14.0. The predicted octanol–water partition coefficient (Wildman–Crippen LogP) is 3.06. The van der Waals surface area contributed by atoms with Gasteiger partial charge in [0.1, 0.15) is 17.8 Å². The van der Waals surface area contributed by atoms with Crippen LogP contribution in [-0.4, -0.2) is 44.9 Å². The molecule has 0 saturated carbocycles. The standard InChI is InChI=1S/C22H20N6O3/c1-30-21-5-3-2-4-20(21)17-12-18(28-15-25-26-27-28)14-19(13-17)31-22(29)24-11-8-16-6-9-23-10-7-16/h2-7,9-10,12-15H,8,11H2,1H3,(H,24,29). The molecule has 0 atom stereocenters. The van der Waals surface area contributed by atoms with Crippen LogP contribution < -0.4 is 14.8 Å². The lowest BCUT2D eigenvalue weighted by molar-refractivity contribution is 0.200. The first-order valence-electron chi connectivity index (χ1n) is 9.59. The summed E-state index contributed by atoms with van der Waals surface area (Å²) in [6.45, 7) is 0.439. The van der Waals surface area contributed by atoms with E-state index in [0.29, 0.717) is 30.2 Å². The minimum Gasteiger partial charge on any atom is -0.496 e. The molecule has 2 aromatic carbocycles. The quantitative estimate of drug-likeness (QED) is 0.494. The highest BCUT2D eigenvalue weighted by Gasteiger charge is 2.13. The molecule has 2 aromatic heterocycles. The molecule has 0 saturated heterocycles. The van der Waals surface area contributed by atoms with E-state index in [0.717, 1.165) is 16.7 Å². The van der Waals surface area contributed by atoms with Gasteiger partial charge in [-0.2, -0.15) is 0 Å². The Morgan fingerprint density at radius 2 is 1.94 bits per heavy atom. The Bertz CT molecular complexity index is 1150. The van der Waals surface area contributed by atoms with Crippen LogP contribution in [0.25, 0.3) is 16.8 Å². The molecule has 1 amide bonds. The molecule has 9 heteroatoms. The van der Waals surface area contributed by atoms with Crippen LogP contribution in [0.5, 0.6) is 11.5 Å². The third-order valence-corrected chi connectivity index (χ3v) is 4.57. The van der Waals surface area contributed by atoms with E-state index in [-0.39, 0.29) is 0 Å². The molecule has 31 heavy (non-hydrogen) atoms. The van der Waals surface area contributed by atoms with Gasteiger partial charge in [-0.1, -0.05) is 18.2 Å². The minimum atomic E-state index is -0.547. The number of benzene rings is 2. The van der Waals surface area contributed by atoms with E-state index in [9.17, 15) is 4.79 Å². The van der Waals surface area contributed by atoms with Gasteiger partial charge < -0.3 is 14.8 Å². The molecule has 9 nitrogen and oxygen atoms in total. The highest BCUT2D eigenvalue weighted by atomic mass is 16.6. The van der Waals surface area contributed by atoms with Crippen LogP contribution in [-0.2, 0) is 6.42 Å². The molecule has 0 radical (unpaired) electrons. The van der Waals surface area contributed by atoms with Crippen molar-refractivity contribution in [2.45, 2.75) is 6.42 Å². The molecule has 4 rings (SSSR count). The number of ether oxygens (including phenoxy) is 2. The molecule has 2 heterocycles. The molecule has 0 fully saturated rings. The number of pyridine rings is 1. The van der Waals surface area contributed by atoms with Crippen molar-refractivity contribution in [2.24, 2.45) is 0 Å². The average molecular weight is 416 g/mol. The number of methoxy groups -OCH3 is 1. The van der Waals surface area contributed by atoms with Crippen LogP contribution in [0.15, 0.2) is 73.3 Å². The smallest absolute Gasteiger partial charge is 0.412 e. The van der Waals surface area contributed by atoms with Crippen LogP contribution >= 0.6 is 0 Å². The van der Waals surface area contributed by atoms with Crippen molar-refractivity contribution in [3.05, 3.63) is 78.9 Å². The summed E-state index contributed by atoms with van der Waals surface area (Å²) < 4.78 is 12.5. The number of rotatable bonds is 7. The molecule has 0 aliphatic heterocycles. The summed E-state index contributed by atoms with van der Waals surface area (Å²) in [4.78, 5) is 16.3. The molecule has 0 unspecified atom stereocenters. The number of para-hydroxylation sites is 1. The SMILES string of the molecule is COc1ccccc1-c1cc(OC(=O)NCCc2ccncc2)cc(-n2cnnn2)c1. The number of nitrogens with zero attached hydrogens (tertiary/aromatic N) is 5. The van der Waals surface area contributed by atoms with Crippen molar-refractivity contribution in [1.82, 2.24) is 30.5 Å². The highest BCUT2D eigenvalue weighted by Crippen LogP contribution is 2.33. The van der Waals surface area contributed by atoms with Crippen molar-refractivity contribution < 1.29 is 14.3 Å². The molecule has 0 aliphatic rings. The van der Waals surface area contributed by atoms with Gasteiger partial charge in [0.25, 0.3) is 0 Å². The molecule has 0 aliphatic carbocycles. The number of nitrogens with one attached hydrogen (secondary N) is 1. The number of hydrogen-bond donors (Lipinski definition) is 1. The topological polar surface area (TPSA) is 104 Å². The Balaban J connectivity index is 1.55. The Hall–Kier alpha value is -4.27. The van der Waals surface area contributed by atoms with Crippen molar-refractivity contribution in [2.75, 3.05) is 13.7 Å². The summed E-state index contributed by atoms with van der Waals surface area (Å²) in [6.07, 6.45) is 5.04. The molecule has 4 aromatic rings. The molecular formula is C22H20N6O3. The maximum absolute atomic E-state index is 12.4. The molecule has 1 N–H and O–H groups in total. The minimum absolute atomic E-state index is 0.357. The fourth-order valence-corrected chi connectivity index (χ4v) is 3.09. The van der Waals surface area contributed by atoms with Crippen LogP contribution in [0.2, 0.25) is 0 Å². The monoisotopic (exact) mass is 416 g/mol. The summed E-state index contributed by atoms with van der Waals surface area (Å²) in [7, 11) is 1.61. The summed E-state index contributed by atoms with van der Waals surface area (Å²) in [5.41, 5.74) is 3.37. The Labute approximate surface area is 178 Å². The number of amides is 1. The van der Waals surface area contributed by atoms with Gasteiger partial charge in [-0.3, -0.25) is 4.98 Å². The van der Waals surface area contributed by atoms with Crippen LogP contribution in [0.3, 0.4) is 0 Å². The second kappa shape index (κ2) is 9.49. The van der Waals surface area contributed by atoms with E-state index < -0.39 is 6.09 Å². The Morgan fingerprint density at radius 3 is 2.71 bits per heavy atom. The maximum atomic E-state index is 12.4. The third-order valence-electron chi connectivity index (χ3n) is 4.57. The second-order valence-electron chi connectivity index (χ2n) is 6.59. The zero-order valence-corrected chi connectivity index (χ0v) is 16.8. The first-order chi connectivity index (χ1) is 15.2. The van der Waals surface area contributed by atoms with E-state index in [1.54, 1.807) is 31.6 Å². The summed E-state index contributed by atoms with van der Waals surface area (Å²) in [5.74, 6) is 1.06. The van der Waals surface area contributed by atoms with E-state index in [4.69, 9.17) is 9.47 Å². The number of hydrogen-bond acceptors (Lipinski definition) is 7. The van der Waals surface area contributed by atoms with Gasteiger partial charge in [0.05, 0.1) is 12.8 Å². The lowest BCUT2D eigenvalue weighted by Gasteiger charge is -2.13. The van der Waals surface area contributed by atoms with Crippen LogP contribution in [0.1, 0.15) is 5.56 Å². The van der Waals surface area contributed by atoms with E-state index >= 15 is 0 Å². The Kier molecular flexibility index (Phi) is 6.13. The van der Waals surface area contributed by atoms with Gasteiger partial charge in [-0.15, -0.1) is 5.10 Å². The van der Waals surface area contributed by atoms with Gasteiger partial charge >= 0.3 is 6.09 Å². The predicted molar refractivity (Wildman–Crippen MR) is 113 cm³/mol. The van der Waals surface area contributed by atoms with E-state index in [1.807, 2.05) is 42.5 Å². The van der Waals surface area contributed by atoms with Gasteiger partial charge in [-0.25, -0.2) is 9.48 Å². The van der Waals surface area contributed by atoms with E-state index in [1.165, 1.54) is 11.0 Å². The number of tetrazole rings is 1. The van der Waals surface area contributed by atoms with Crippen molar-refractivity contribution in [1.29, 1.82) is 0 Å². The lowest BCUT2D eigenvalue weighted by atomic mass is 10.0. The van der Waals surface area contributed by atoms with Gasteiger partial charge in [0, 0.05) is 30.6 Å². The van der Waals surface area contributed by atoms with Crippen LogP contribution in [0, 0.1) is 0 Å². The average Bonchev–Trinajstić information content (AvgIpc) is 3.35. The fourth-order valence-electron chi connectivity index (χ4n) is 3.09. The number of aromatic nitrogens is 5. The van der Waals surface area contributed by atoms with Crippen molar-refractivity contribution in [3.8, 4) is 28.3 Å². The largest absolute Gasteiger partial charge is 0.496 e. The lowest BCUT2D eigenvalue weighted by Crippen LogP contribution is -2.28. The maximum Gasteiger partial charge on any atom is 0.412 e. The van der Waals surface area contributed by atoms with Gasteiger partial charge in [-0.05, 0) is 58.3 Å². The van der Waals surface area contributed by atoms with Crippen molar-refractivity contribution in [3.63, 3.8) is 0 Å². The number of carbonyl (C=O) groups is 1. The molecule has 156 valence electrons. The zero-order valence-electron chi connectivity index (χ0n) is 16.8. The van der Waals surface area contributed by atoms with Gasteiger partial charge in [0.2, 0.25) is 0 Å². The van der Waals surface area contributed by atoms with Crippen molar-refractivity contribution >= 4 is 6.09 Å². The summed E-state index contributed by atoms with van der Waals surface area (Å²) in [6, 6.07) is 16.8. The first-order valence-corrected chi connectivity index (χ1v) is 9.59. The summed E-state index contributed by atoms with van der Waals surface area (Å²) >= 11 is 0. The second-order valence-corrected chi connectivity index (χ2v) is 6.59. The molecular weight excluding hydrogens is 396 g/mol. The Morgan fingerprint density at radius 1 is 1.10 bits per heavy atom. The van der Waals surface area contributed by atoms with E-state index in [2.05, 4.69) is 25.8 Å². The van der Waals surface area contributed by atoms with Crippen LogP contribution in [0.4, 0.5) is 4.79 Å². The normalized spacial score (nSPS) is 10.5. The van der Waals surface area contributed by atoms with Gasteiger partial charge in [0.15, 0.2) is 0 Å². The zero-order chi connectivity index (χ0) is 21.5.